The lowest BCUT2D eigenvalue weighted by Gasteiger charge is -2.20. The molecule has 0 saturated carbocycles. The standard InChI is InChI=1S/C9H11ClN2O2S/c10-9-12-7(5-15-9)14-8(13)6-2-1-3-11-4-6/h5-6,11H,1-4H2. The third-order valence-electron chi connectivity index (χ3n) is 2.29. The molecule has 1 aromatic rings. The number of esters is 1. The van der Waals surface area contributed by atoms with E-state index in [0.717, 1.165) is 19.4 Å². The van der Waals surface area contributed by atoms with Gasteiger partial charge in [0.25, 0.3) is 0 Å². The second-order valence-corrected chi connectivity index (χ2v) is 4.84. The molecular formula is C9H11ClN2O2S. The van der Waals surface area contributed by atoms with E-state index in [1.807, 2.05) is 0 Å². The predicted octanol–water partition coefficient (Wildman–Crippen LogP) is 1.70. The van der Waals surface area contributed by atoms with Gasteiger partial charge in [0, 0.05) is 6.54 Å². The van der Waals surface area contributed by atoms with Crippen LogP contribution in [0.15, 0.2) is 5.38 Å². The average molecular weight is 247 g/mol. The number of nitrogens with zero attached hydrogens (tertiary/aromatic N) is 1. The molecular weight excluding hydrogens is 236 g/mol. The molecule has 1 aliphatic rings. The van der Waals surface area contributed by atoms with E-state index < -0.39 is 0 Å². The minimum atomic E-state index is -0.218. The van der Waals surface area contributed by atoms with Gasteiger partial charge >= 0.3 is 5.97 Å². The van der Waals surface area contributed by atoms with Gasteiger partial charge in [-0.2, -0.15) is 4.98 Å². The number of ether oxygens (including phenoxy) is 1. The van der Waals surface area contributed by atoms with Crippen LogP contribution in [0.2, 0.25) is 4.47 Å². The summed E-state index contributed by atoms with van der Waals surface area (Å²) in [6.45, 7) is 1.67. The molecule has 15 heavy (non-hydrogen) atoms. The Morgan fingerprint density at radius 2 is 2.60 bits per heavy atom. The molecule has 0 aliphatic carbocycles. The summed E-state index contributed by atoms with van der Waals surface area (Å²) in [6.07, 6.45) is 1.89. The molecule has 1 aromatic heterocycles. The minimum Gasteiger partial charge on any atom is -0.406 e. The number of hydrogen-bond acceptors (Lipinski definition) is 5. The molecule has 4 nitrogen and oxygen atoms in total. The lowest BCUT2D eigenvalue weighted by molar-refractivity contribution is -0.139. The van der Waals surface area contributed by atoms with Gasteiger partial charge in [0.05, 0.1) is 11.3 Å². The van der Waals surface area contributed by atoms with Crippen LogP contribution in [0, 0.1) is 5.92 Å². The number of rotatable bonds is 2. The third-order valence-corrected chi connectivity index (χ3v) is 3.25. The van der Waals surface area contributed by atoms with Crippen LogP contribution in [0.25, 0.3) is 0 Å². The van der Waals surface area contributed by atoms with Crippen molar-refractivity contribution in [2.45, 2.75) is 12.8 Å². The van der Waals surface area contributed by atoms with E-state index in [9.17, 15) is 4.79 Å². The zero-order valence-electron chi connectivity index (χ0n) is 8.03. The highest BCUT2D eigenvalue weighted by Gasteiger charge is 2.23. The molecule has 0 bridgehead atoms. The fourth-order valence-corrected chi connectivity index (χ4v) is 2.18. The van der Waals surface area contributed by atoms with E-state index in [1.165, 1.54) is 11.3 Å². The van der Waals surface area contributed by atoms with E-state index in [-0.39, 0.29) is 11.9 Å². The Bertz CT molecular complexity index is 350. The molecule has 82 valence electrons. The monoisotopic (exact) mass is 246 g/mol. The van der Waals surface area contributed by atoms with Crippen LogP contribution in [0.4, 0.5) is 0 Å². The molecule has 1 saturated heterocycles. The largest absolute Gasteiger partial charge is 0.406 e. The number of thiazole rings is 1. The molecule has 2 rings (SSSR count). The molecule has 1 unspecified atom stereocenters. The van der Waals surface area contributed by atoms with Crippen molar-refractivity contribution < 1.29 is 9.53 Å². The highest BCUT2D eigenvalue weighted by molar-refractivity contribution is 7.14. The van der Waals surface area contributed by atoms with Crippen LogP contribution < -0.4 is 10.1 Å². The maximum atomic E-state index is 11.6. The van der Waals surface area contributed by atoms with E-state index in [1.54, 1.807) is 5.38 Å². The summed E-state index contributed by atoms with van der Waals surface area (Å²) < 4.78 is 5.50. The quantitative estimate of drug-likeness (QED) is 0.807. The van der Waals surface area contributed by atoms with Crippen molar-refractivity contribution >= 4 is 28.9 Å². The number of nitrogens with one attached hydrogen (secondary N) is 1. The molecule has 1 fully saturated rings. The van der Waals surface area contributed by atoms with Crippen molar-refractivity contribution in [1.82, 2.24) is 10.3 Å². The minimum absolute atomic E-state index is 0.0563. The molecule has 1 atom stereocenters. The number of halogens is 1. The van der Waals surface area contributed by atoms with E-state index >= 15 is 0 Å². The Labute approximate surface area is 96.6 Å². The van der Waals surface area contributed by atoms with Crippen LogP contribution in [-0.2, 0) is 4.79 Å². The fraction of sp³-hybridized carbons (Fsp3) is 0.556. The zero-order valence-corrected chi connectivity index (χ0v) is 9.61. The van der Waals surface area contributed by atoms with Gasteiger partial charge < -0.3 is 10.1 Å². The normalized spacial score (nSPS) is 21.3. The van der Waals surface area contributed by atoms with E-state index in [2.05, 4.69) is 10.3 Å². The number of aromatic nitrogens is 1. The van der Waals surface area contributed by atoms with Crippen molar-refractivity contribution in [1.29, 1.82) is 0 Å². The maximum absolute atomic E-state index is 11.6. The average Bonchev–Trinajstić information content (AvgIpc) is 2.65. The first-order valence-corrected chi connectivity index (χ1v) is 6.05. The van der Waals surface area contributed by atoms with E-state index in [4.69, 9.17) is 16.3 Å². The summed E-state index contributed by atoms with van der Waals surface area (Å²) in [4.78, 5) is 15.5. The SMILES string of the molecule is O=C(Oc1csc(Cl)n1)C1CCCNC1. The molecule has 0 radical (unpaired) electrons. The Kier molecular flexibility index (Phi) is 3.56. The van der Waals surface area contributed by atoms with Crippen molar-refractivity contribution in [2.75, 3.05) is 13.1 Å². The van der Waals surface area contributed by atoms with Crippen LogP contribution in [-0.4, -0.2) is 24.0 Å². The first-order chi connectivity index (χ1) is 7.25. The van der Waals surface area contributed by atoms with Crippen LogP contribution in [0.3, 0.4) is 0 Å². The summed E-state index contributed by atoms with van der Waals surface area (Å²) >= 11 is 6.89. The van der Waals surface area contributed by atoms with Gasteiger partial charge in [-0.25, -0.2) is 0 Å². The van der Waals surface area contributed by atoms with Gasteiger partial charge in [0.1, 0.15) is 0 Å². The predicted molar refractivity (Wildman–Crippen MR) is 58.4 cm³/mol. The lowest BCUT2D eigenvalue weighted by atomic mass is 10.0. The van der Waals surface area contributed by atoms with Crippen molar-refractivity contribution in [3.63, 3.8) is 0 Å². The number of hydrogen-bond donors (Lipinski definition) is 1. The Morgan fingerprint density at radius 1 is 1.73 bits per heavy atom. The van der Waals surface area contributed by atoms with Gasteiger partial charge in [-0.3, -0.25) is 4.79 Å². The second kappa shape index (κ2) is 4.92. The van der Waals surface area contributed by atoms with Crippen LogP contribution in [0.1, 0.15) is 12.8 Å². The second-order valence-electron chi connectivity index (χ2n) is 3.40. The highest BCUT2D eigenvalue weighted by atomic mass is 35.5. The lowest BCUT2D eigenvalue weighted by Crippen LogP contribution is -2.36. The maximum Gasteiger partial charge on any atom is 0.316 e. The van der Waals surface area contributed by atoms with Crippen molar-refractivity contribution in [3.05, 3.63) is 9.85 Å². The van der Waals surface area contributed by atoms with Gasteiger partial charge in [0.15, 0.2) is 4.47 Å². The highest BCUT2D eigenvalue weighted by Crippen LogP contribution is 2.22. The fourth-order valence-electron chi connectivity index (χ4n) is 1.52. The third kappa shape index (κ3) is 2.90. The topological polar surface area (TPSA) is 51.2 Å². The molecule has 0 aromatic carbocycles. The zero-order chi connectivity index (χ0) is 10.7. The van der Waals surface area contributed by atoms with Gasteiger partial charge in [-0.1, -0.05) is 11.6 Å². The summed E-state index contributed by atoms with van der Waals surface area (Å²) in [5.41, 5.74) is 0. The summed E-state index contributed by atoms with van der Waals surface area (Å²) in [7, 11) is 0. The van der Waals surface area contributed by atoms with Gasteiger partial charge in [-0.15, -0.1) is 11.3 Å². The van der Waals surface area contributed by atoms with Crippen molar-refractivity contribution in [2.24, 2.45) is 5.92 Å². The molecule has 2 heterocycles. The Morgan fingerprint density at radius 3 is 3.20 bits per heavy atom. The van der Waals surface area contributed by atoms with E-state index in [0.29, 0.717) is 16.9 Å². The first kappa shape index (κ1) is 10.9. The van der Waals surface area contributed by atoms with Crippen LogP contribution >= 0.6 is 22.9 Å². The molecule has 0 spiro atoms. The van der Waals surface area contributed by atoms with Crippen molar-refractivity contribution in [3.8, 4) is 5.88 Å². The number of carbonyl (C=O) groups excluding carboxylic acids is 1. The Hall–Kier alpha value is -0.650. The summed E-state index contributed by atoms with van der Waals surface area (Å²) in [5, 5.41) is 4.80. The summed E-state index contributed by atoms with van der Waals surface area (Å²) in [6, 6.07) is 0. The van der Waals surface area contributed by atoms with Crippen LogP contribution in [0.5, 0.6) is 5.88 Å². The number of piperidine rings is 1. The number of carbonyl (C=O) groups is 1. The molecule has 0 amide bonds. The molecule has 1 N–H and O–H groups in total. The van der Waals surface area contributed by atoms with Gasteiger partial charge in [0.2, 0.25) is 5.88 Å². The summed E-state index contributed by atoms with van der Waals surface area (Å²) in [5.74, 6) is 0.0314. The van der Waals surface area contributed by atoms with Gasteiger partial charge in [-0.05, 0) is 19.4 Å². The molecule has 6 heteroatoms. The molecule has 1 aliphatic heterocycles. The first-order valence-electron chi connectivity index (χ1n) is 4.79. The smallest absolute Gasteiger partial charge is 0.316 e. The Balaban J connectivity index is 1.91.